The van der Waals surface area contributed by atoms with Crippen LogP contribution in [0.4, 0.5) is 0 Å². The summed E-state index contributed by atoms with van der Waals surface area (Å²) in [5.74, 6) is 0. The zero-order valence-corrected chi connectivity index (χ0v) is 13.5. The van der Waals surface area contributed by atoms with Crippen LogP contribution in [0.5, 0.6) is 0 Å². The molecule has 1 aliphatic heterocycles. The van der Waals surface area contributed by atoms with E-state index in [0.717, 1.165) is 19.5 Å². The molecule has 110 valence electrons. The highest BCUT2D eigenvalue weighted by Gasteiger charge is 2.20. The Balaban J connectivity index is 0.00000162. The summed E-state index contributed by atoms with van der Waals surface area (Å²) in [6.45, 7) is 9.11. The molecule has 1 aromatic carbocycles. The van der Waals surface area contributed by atoms with Gasteiger partial charge in [-0.3, -0.25) is 4.90 Å². The maximum Gasteiger partial charge on any atom is 0.0346 e. The molecule has 1 aromatic rings. The summed E-state index contributed by atoms with van der Waals surface area (Å²) in [6.07, 6.45) is 2.33. The van der Waals surface area contributed by atoms with E-state index >= 15 is 0 Å². The largest absolute Gasteiger partial charge is 0.314 e. The number of rotatable bonds is 4. The molecule has 0 aliphatic carbocycles. The van der Waals surface area contributed by atoms with Gasteiger partial charge in [-0.05, 0) is 24.0 Å². The normalized spacial score (nSPS) is 17.2. The van der Waals surface area contributed by atoms with Crippen molar-refractivity contribution in [3.63, 3.8) is 0 Å². The van der Waals surface area contributed by atoms with Crippen LogP contribution < -0.4 is 5.32 Å². The van der Waals surface area contributed by atoms with Gasteiger partial charge < -0.3 is 5.32 Å². The Morgan fingerprint density at radius 1 is 1.05 bits per heavy atom. The Labute approximate surface area is 129 Å². The highest BCUT2D eigenvalue weighted by molar-refractivity contribution is 5.85. The fourth-order valence-corrected chi connectivity index (χ4v) is 2.67. The minimum Gasteiger partial charge on any atom is -0.314 e. The number of halogens is 2. The smallest absolute Gasteiger partial charge is 0.0346 e. The highest BCUT2D eigenvalue weighted by Crippen LogP contribution is 2.24. The summed E-state index contributed by atoms with van der Waals surface area (Å²) in [6, 6.07) is 9.78. The Morgan fingerprint density at radius 3 is 2.11 bits per heavy atom. The summed E-state index contributed by atoms with van der Waals surface area (Å²) in [5, 5.41) is 3.42. The SMILES string of the molecule is CCc1ccc([C@H](CC)N2CCNCC2)cc1.Cl.Cl. The van der Waals surface area contributed by atoms with E-state index in [1.165, 1.54) is 30.6 Å². The maximum absolute atomic E-state index is 3.42. The molecule has 0 aromatic heterocycles. The maximum atomic E-state index is 3.42. The van der Waals surface area contributed by atoms with Crippen LogP contribution in [0.1, 0.15) is 37.4 Å². The second kappa shape index (κ2) is 9.60. The molecular formula is C15H26Cl2N2. The molecule has 0 spiro atoms. The lowest BCUT2D eigenvalue weighted by Crippen LogP contribution is -2.45. The topological polar surface area (TPSA) is 15.3 Å². The van der Waals surface area contributed by atoms with E-state index in [0.29, 0.717) is 6.04 Å². The Kier molecular flexibility index (Phi) is 9.46. The fourth-order valence-electron chi connectivity index (χ4n) is 2.67. The van der Waals surface area contributed by atoms with Crippen molar-refractivity contribution in [2.75, 3.05) is 26.2 Å². The molecule has 0 saturated carbocycles. The van der Waals surface area contributed by atoms with E-state index in [9.17, 15) is 0 Å². The Bertz CT molecular complexity index is 335. The molecule has 1 aliphatic rings. The van der Waals surface area contributed by atoms with Crippen LogP contribution in [-0.2, 0) is 6.42 Å². The predicted molar refractivity (Wildman–Crippen MR) is 87.8 cm³/mol. The average molecular weight is 305 g/mol. The minimum atomic E-state index is 0. The van der Waals surface area contributed by atoms with E-state index < -0.39 is 0 Å². The van der Waals surface area contributed by atoms with Crippen molar-refractivity contribution in [1.82, 2.24) is 10.2 Å². The molecule has 1 saturated heterocycles. The number of piperazine rings is 1. The van der Waals surface area contributed by atoms with Crippen molar-refractivity contribution in [2.24, 2.45) is 0 Å². The highest BCUT2D eigenvalue weighted by atomic mass is 35.5. The van der Waals surface area contributed by atoms with Crippen LogP contribution in [0.3, 0.4) is 0 Å². The first-order chi connectivity index (χ1) is 8.35. The molecule has 0 amide bonds. The molecule has 1 heterocycles. The van der Waals surface area contributed by atoms with Gasteiger partial charge in [0.15, 0.2) is 0 Å². The molecule has 2 nitrogen and oxygen atoms in total. The summed E-state index contributed by atoms with van der Waals surface area (Å²) in [7, 11) is 0. The summed E-state index contributed by atoms with van der Waals surface area (Å²) in [4.78, 5) is 2.61. The van der Waals surface area contributed by atoms with Crippen molar-refractivity contribution in [3.8, 4) is 0 Å². The van der Waals surface area contributed by atoms with Gasteiger partial charge in [0.1, 0.15) is 0 Å². The van der Waals surface area contributed by atoms with Crippen LogP contribution in [-0.4, -0.2) is 31.1 Å². The van der Waals surface area contributed by atoms with Gasteiger partial charge >= 0.3 is 0 Å². The van der Waals surface area contributed by atoms with Crippen LogP contribution in [0.25, 0.3) is 0 Å². The number of benzene rings is 1. The number of hydrogen-bond acceptors (Lipinski definition) is 2. The van der Waals surface area contributed by atoms with Crippen LogP contribution >= 0.6 is 24.8 Å². The number of nitrogens with one attached hydrogen (secondary N) is 1. The van der Waals surface area contributed by atoms with Crippen molar-refractivity contribution in [2.45, 2.75) is 32.7 Å². The second-order valence-corrected chi connectivity index (χ2v) is 4.81. The number of hydrogen-bond donors (Lipinski definition) is 1. The van der Waals surface area contributed by atoms with Crippen LogP contribution in [0, 0.1) is 0 Å². The third-order valence-electron chi connectivity index (χ3n) is 3.75. The van der Waals surface area contributed by atoms with Gasteiger partial charge in [0.2, 0.25) is 0 Å². The molecule has 1 fully saturated rings. The molecule has 2 rings (SSSR count). The third kappa shape index (κ3) is 4.96. The quantitative estimate of drug-likeness (QED) is 0.916. The molecule has 0 radical (unpaired) electrons. The van der Waals surface area contributed by atoms with E-state index in [1.807, 2.05) is 0 Å². The lowest BCUT2D eigenvalue weighted by Gasteiger charge is -2.34. The van der Waals surface area contributed by atoms with Gasteiger partial charge in [-0.2, -0.15) is 0 Å². The van der Waals surface area contributed by atoms with Crippen LogP contribution in [0.15, 0.2) is 24.3 Å². The number of aryl methyl sites for hydroxylation is 1. The first kappa shape index (κ1) is 18.7. The summed E-state index contributed by atoms with van der Waals surface area (Å²) in [5.41, 5.74) is 2.91. The van der Waals surface area contributed by atoms with Gasteiger partial charge in [0.25, 0.3) is 0 Å². The summed E-state index contributed by atoms with van der Waals surface area (Å²) < 4.78 is 0. The van der Waals surface area contributed by atoms with Gasteiger partial charge in [-0.25, -0.2) is 0 Å². The lowest BCUT2D eigenvalue weighted by atomic mass is 10.00. The predicted octanol–water partition coefficient (Wildman–Crippen LogP) is 3.45. The Morgan fingerprint density at radius 2 is 1.63 bits per heavy atom. The number of nitrogens with zero attached hydrogens (tertiary/aromatic N) is 1. The molecule has 4 heteroatoms. The van der Waals surface area contributed by atoms with E-state index in [1.54, 1.807) is 0 Å². The standard InChI is InChI=1S/C15H24N2.2ClH/c1-3-13-5-7-14(8-6-13)15(4-2)17-11-9-16-10-12-17;;/h5-8,15-16H,3-4,9-12H2,1-2H3;2*1H/t15-;;/m0../s1. The zero-order chi connectivity index (χ0) is 12.1. The molecule has 19 heavy (non-hydrogen) atoms. The van der Waals surface area contributed by atoms with Crippen molar-refractivity contribution >= 4 is 24.8 Å². The molecule has 1 atom stereocenters. The van der Waals surface area contributed by atoms with Crippen LogP contribution in [0.2, 0.25) is 0 Å². The third-order valence-corrected chi connectivity index (χ3v) is 3.75. The van der Waals surface area contributed by atoms with Gasteiger partial charge in [0, 0.05) is 32.2 Å². The summed E-state index contributed by atoms with van der Waals surface area (Å²) >= 11 is 0. The van der Waals surface area contributed by atoms with E-state index in [2.05, 4.69) is 48.3 Å². The van der Waals surface area contributed by atoms with E-state index in [4.69, 9.17) is 0 Å². The molecule has 0 unspecified atom stereocenters. The molecule has 0 bridgehead atoms. The van der Waals surface area contributed by atoms with Crippen molar-refractivity contribution in [1.29, 1.82) is 0 Å². The molecular weight excluding hydrogens is 279 g/mol. The first-order valence-corrected chi connectivity index (χ1v) is 6.88. The fraction of sp³-hybridized carbons (Fsp3) is 0.600. The second-order valence-electron chi connectivity index (χ2n) is 4.81. The van der Waals surface area contributed by atoms with Crippen molar-refractivity contribution < 1.29 is 0 Å². The van der Waals surface area contributed by atoms with Gasteiger partial charge in [0.05, 0.1) is 0 Å². The molecule has 1 N–H and O–H groups in total. The monoisotopic (exact) mass is 304 g/mol. The Hall–Kier alpha value is -0.280. The minimum absolute atomic E-state index is 0. The van der Waals surface area contributed by atoms with Gasteiger partial charge in [-0.1, -0.05) is 38.1 Å². The lowest BCUT2D eigenvalue weighted by molar-refractivity contribution is 0.169. The average Bonchev–Trinajstić information content (AvgIpc) is 2.42. The van der Waals surface area contributed by atoms with Gasteiger partial charge in [-0.15, -0.1) is 24.8 Å². The zero-order valence-electron chi connectivity index (χ0n) is 11.9. The first-order valence-electron chi connectivity index (χ1n) is 6.88. The van der Waals surface area contributed by atoms with Crippen molar-refractivity contribution in [3.05, 3.63) is 35.4 Å². The van der Waals surface area contributed by atoms with E-state index in [-0.39, 0.29) is 24.8 Å².